The molecule has 0 aliphatic rings. The lowest BCUT2D eigenvalue weighted by Crippen LogP contribution is -1.94. The maximum atomic E-state index is 9.66. The molecule has 0 bridgehead atoms. The molecular formula is C43H21N5S2. The zero-order valence-corrected chi connectivity index (χ0v) is 27.8. The van der Waals surface area contributed by atoms with E-state index in [9.17, 15) is 10.5 Å². The predicted molar refractivity (Wildman–Crippen MR) is 208 cm³/mol. The first kappa shape index (κ1) is 27.4. The molecule has 6 aromatic carbocycles. The Morgan fingerprint density at radius 2 is 1.10 bits per heavy atom. The first-order valence-electron chi connectivity index (χ1n) is 16.2. The number of para-hydroxylation sites is 1. The van der Waals surface area contributed by atoms with Crippen LogP contribution in [0.1, 0.15) is 11.1 Å². The molecule has 0 spiro atoms. The van der Waals surface area contributed by atoms with E-state index in [1.54, 1.807) is 11.3 Å². The zero-order chi connectivity index (χ0) is 33.1. The molecule has 0 fully saturated rings. The van der Waals surface area contributed by atoms with Gasteiger partial charge in [0.2, 0.25) is 0 Å². The topological polar surface area (TPSA) is 70.3 Å². The van der Waals surface area contributed by atoms with E-state index in [0.29, 0.717) is 11.1 Å². The van der Waals surface area contributed by atoms with Crippen molar-refractivity contribution in [2.45, 2.75) is 0 Å². The van der Waals surface area contributed by atoms with Gasteiger partial charge < -0.3 is 9.13 Å². The number of thiophene rings is 2. The van der Waals surface area contributed by atoms with Gasteiger partial charge in [0.15, 0.2) is 0 Å². The van der Waals surface area contributed by atoms with Gasteiger partial charge in [0.05, 0.1) is 55.5 Å². The Hall–Kier alpha value is -6.51. The van der Waals surface area contributed by atoms with Crippen LogP contribution in [0, 0.1) is 22.7 Å². The molecule has 50 heavy (non-hydrogen) atoms. The van der Waals surface area contributed by atoms with Gasteiger partial charge in [-0.15, -0.1) is 22.7 Å². The van der Waals surface area contributed by atoms with Crippen LogP contribution in [0.3, 0.4) is 0 Å². The number of rotatable bonds is 2. The summed E-state index contributed by atoms with van der Waals surface area (Å²) in [6, 6.07) is 47.0. The second kappa shape index (κ2) is 10.0. The molecule has 0 unspecified atom stereocenters. The van der Waals surface area contributed by atoms with Crippen LogP contribution in [0.2, 0.25) is 0 Å². The van der Waals surface area contributed by atoms with E-state index in [0.717, 1.165) is 38.7 Å². The van der Waals surface area contributed by atoms with Gasteiger partial charge in [-0.3, -0.25) is 4.98 Å². The average molecular weight is 672 g/mol. The van der Waals surface area contributed by atoms with Crippen molar-refractivity contribution in [2.24, 2.45) is 0 Å². The molecule has 7 heteroatoms. The van der Waals surface area contributed by atoms with Crippen LogP contribution in [0.25, 0.3) is 95.5 Å². The second-order valence-corrected chi connectivity index (χ2v) is 14.8. The largest absolute Gasteiger partial charge is 0.309 e. The Balaban J connectivity index is 1.16. The van der Waals surface area contributed by atoms with E-state index < -0.39 is 0 Å². The number of hydrogen-bond donors (Lipinski definition) is 0. The highest BCUT2D eigenvalue weighted by Crippen LogP contribution is 2.44. The van der Waals surface area contributed by atoms with Gasteiger partial charge >= 0.3 is 0 Å². The van der Waals surface area contributed by atoms with Gasteiger partial charge in [0, 0.05) is 69.4 Å². The van der Waals surface area contributed by atoms with Gasteiger partial charge in [0.25, 0.3) is 0 Å². The second-order valence-electron chi connectivity index (χ2n) is 12.6. The Bertz CT molecular complexity index is 3290. The summed E-state index contributed by atoms with van der Waals surface area (Å²) >= 11 is 3.62. The molecule has 5 nitrogen and oxygen atoms in total. The summed E-state index contributed by atoms with van der Waals surface area (Å²) in [6.45, 7) is 0. The number of nitrogens with zero attached hydrogens (tertiary/aromatic N) is 5. The van der Waals surface area contributed by atoms with Crippen molar-refractivity contribution < 1.29 is 0 Å². The number of aromatic nitrogens is 3. The molecule has 0 atom stereocenters. The molecule has 11 aromatic rings. The highest BCUT2D eigenvalue weighted by molar-refractivity contribution is 7.27. The fourth-order valence-corrected chi connectivity index (χ4v) is 10.1. The van der Waals surface area contributed by atoms with E-state index in [4.69, 9.17) is 4.98 Å². The molecular weight excluding hydrogens is 651 g/mol. The van der Waals surface area contributed by atoms with Gasteiger partial charge in [0.1, 0.15) is 0 Å². The Kier molecular flexibility index (Phi) is 5.49. The lowest BCUT2D eigenvalue weighted by Gasteiger charge is -2.10. The molecule has 5 aromatic heterocycles. The van der Waals surface area contributed by atoms with Crippen LogP contribution in [-0.4, -0.2) is 14.1 Å². The summed E-state index contributed by atoms with van der Waals surface area (Å²) < 4.78 is 9.58. The monoisotopic (exact) mass is 671 g/mol. The summed E-state index contributed by atoms with van der Waals surface area (Å²) in [4.78, 5) is 4.73. The molecule has 0 aliphatic heterocycles. The van der Waals surface area contributed by atoms with Crippen LogP contribution >= 0.6 is 22.7 Å². The molecule has 0 saturated heterocycles. The normalized spacial score (nSPS) is 12.0. The maximum absolute atomic E-state index is 9.66. The summed E-state index contributed by atoms with van der Waals surface area (Å²) in [5.41, 5.74) is 8.78. The van der Waals surface area contributed by atoms with Crippen molar-refractivity contribution in [3.8, 4) is 23.5 Å². The quantitative estimate of drug-likeness (QED) is 0.184. The van der Waals surface area contributed by atoms with Gasteiger partial charge in [-0.05, 0) is 103 Å². The van der Waals surface area contributed by atoms with Crippen LogP contribution in [0.15, 0.2) is 128 Å². The first-order chi connectivity index (χ1) is 24.7. The molecule has 0 radical (unpaired) electrons. The lowest BCUT2D eigenvalue weighted by atomic mass is 10.1. The minimum Gasteiger partial charge on any atom is -0.309 e. The van der Waals surface area contributed by atoms with Gasteiger partial charge in [-0.1, -0.05) is 18.2 Å². The molecule has 0 saturated carbocycles. The smallest absolute Gasteiger partial charge is 0.0991 e. The fourth-order valence-electron chi connectivity index (χ4n) is 7.86. The average Bonchev–Trinajstić information content (AvgIpc) is 3.91. The minimum absolute atomic E-state index is 0.598. The summed E-state index contributed by atoms with van der Waals surface area (Å²) in [6.07, 6.45) is 1.88. The third-order valence-electron chi connectivity index (χ3n) is 10.0. The number of pyridine rings is 1. The molecule has 11 rings (SSSR count). The number of hydrogen-bond acceptors (Lipinski definition) is 5. The SMILES string of the molecule is N#Cc1ccc2c(c1)c1cc(C#N)ccc1n2-c1ccc2sc3ccc(-n4c5ccccc5c5c6sc7cccnc7c6ccc54)cc3c2c1. The van der Waals surface area contributed by atoms with E-state index in [1.165, 1.54) is 56.8 Å². The van der Waals surface area contributed by atoms with Crippen molar-refractivity contribution in [1.29, 1.82) is 10.5 Å². The number of nitriles is 2. The third kappa shape index (κ3) is 3.65. The summed E-state index contributed by atoms with van der Waals surface area (Å²) in [5, 5.41) is 27.4. The van der Waals surface area contributed by atoms with Crippen LogP contribution in [-0.2, 0) is 0 Å². The molecule has 0 N–H and O–H groups in total. The molecule has 230 valence electrons. The van der Waals surface area contributed by atoms with Gasteiger partial charge in [-0.2, -0.15) is 10.5 Å². The van der Waals surface area contributed by atoms with Gasteiger partial charge in [-0.25, -0.2) is 0 Å². The maximum Gasteiger partial charge on any atom is 0.0991 e. The Morgan fingerprint density at radius 3 is 1.78 bits per heavy atom. The minimum atomic E-state index is 0.598. The van der Waals surface area contributed by atoms with Crippen LogP contribution in [0.5, 0.6) is 0 Å². The third-order valence-corrected chi connectivity index (χ3v) is 12.3. The lowest BCUT2D eigenvalue weighted by molar-refractivity contribution is 1.18. The number of benzene rings is 6. The van der Waals surface area contributed by atoms with Crippen LogP contribution < -0.4 is 0 Å². The van der Waals surface area contributed by atoms with Crippen molar-refractivity contribution in [3.63, 3.8) is 0 Å². The first-order valence-corrected chi connectivity index (χ1v) is 17.9. The number of fused-ring (bicyclic) bond motifs is 13. The van der Waals surface area contributed by atoms with Crippen molar-refractivity contribution in [2.75, 3.05) is 0 Å². The van der Waals surface area contributed by atoms with Crippen molar-refractivity contribution in [3.05, 3.63) is 139 Å². The molecule has 0 aliphatic carbocycles. The zero-order valence-electron chi connectivity index (χ0n) is 26.2. The molecule has 5 heterocycles. The summed E-state index contributed by atoms with van der Waals surface area (Å²) in [5.74, 6) is 0. The van der Waals surface area contributed by atoms with Crippen LogP contribution in [0.4, 0.5) is 0 Å². The van der Waals surface area contributed by atoms with E-state index in [-0.39, 0.29) is 0 Å². The van der Waals surface area contributed by atoms with Crippen molar-refractivity contribution >= 4 is 107 Å². The highest BCUT2D eigenvalue weighted by Gasteiger charge is 2.19. The van der Waals surface area contributed by atoms with Crippen molar-refractivity contribution in [1.82, 2.24) is 14.1 Å². The van der Waals surface area contributed by atoms with E-state index in [1.807, 2.05) is 60.0 Å². The Labute approximate surface area is 292 Å². The molecule has 0 amide bonds. The van der Waals surface area contributed by atoms with E-state index in [2.05, 4.69) is 100 Å². The Morgan fingerprint density at radius 1 is 0.480 bits per heavy atom. The highest BCUT2D eigenvalue weighted by atomic mass is 32.1. The predicted octanol–water partition coefficient (Wildman–Crippen LogP) is 11.8. The van der Waals surface area contributed by atoms with E-state index >= 15 is 0 Å². The fraction of sp³-hybridized carbons (Fsp3) is 0. The summed E-state index contributed by atoms with van der Waals surface area (Å²) in [7, 11) is 0. The standard InChI is InChI=1S/C43H21N5S2/c44-22-24-7-12-35-30(18-24)31-19-25(23-45)8-13-36(31)47(35)26-9-15-38-32(20-26)33-21-27(10-16-39(33)49-38)48-34-5-2-1-4-28(34)41-37(48)14-11-29-42-40(50-43(29)41)6-3-17-46-42/h1-21H.